The number of carbonyl (C=O) groups excluding carboxylic acids is 2. The Hall–Kier alpha value is -1.85. The van der Waals surface area contributed by atoms with E-state index in [4.69, 9.17) is 10.5 Å². The lowest BCUT2D eigenvalue weighted by Crippen LogP contribution is -2.22. The van der Waals surface area contributed by atoms with Gasteiger partial charge in [0.05, 0.1) is 18.4 Å². The number of nitrogens with zero attached hydrogens (tertiary/aromatic N) is 2. The van der Waals surface area contributed by atoms with E-state index in [9.17, 15) is 9.59 Å². The van der Waals surface area contributed by atoms with Gasteiger partial charge in [-0.25, -0.2) is 4.79 Å². The first-order valence-electron chi connectivity index (χ1n) is 5.10. The van der Waals surface area contributed by atoms with Gasteiger partial charge in [-0.1, -0.05) is 6.92 Å². The zero-order chi connectivity index (χ0) is 12.1. The molecule has 0 aromatic carbocycles. The number of rotatable bonds is 5. The molecule has 1 atom stereocenters. The maximum atomic E-state index is 11.6. The summed E-state index contributed by atoms with van der Waals surface area (Å²) < 4.78 is 6.30. The van der Waals surface area contributed by atoms with E-state index >= 15 is 0 Å². The molecule has 0 saturated heterocycles. The molecule has 0 spiro atoms. The minimum Gasteiger partial charge on any atom is -0.464 e. The lowest BCUT2D eigenvalue weighted by molar-refractivity contribution is -0.147. The number of esters is 1. The van der Waals surface area contributed by atoms with Crippen LogP contribution in [0.25, 0.3) is 0 Å². The summed E-state index contributed by atoms with van der Waals surface area (Å²) in [6, 6.07) is -0.506. The van der Waals surface area contributed by atoms with E-state index in [1.54, 1.807) is 6.92 Å². The fourth-order valence-corrected chi connectivity index (χ4v) is 1.34. The molecule has 0 aliphatic heterocycles. The quantitative estimate of drug-likeness (QED) is 0.739. The zero-order valence-electron chi connectivity index (χ0n) is 9.34. The van der Waals surface area contributed by atoms with Crippen LogP contribution in [0.1, 0.15) is 36.7 Å². The van der Waals surface area contributed by atoms with Crippen LogP contribution in [0.15, 0.2) is 12.4 Å². The molecule has 1 heterocycles. The van der Waals surface area contributed by atoms with Crippen molar-refractivity contribution in [1.29, 1.82) is 0 Å². The van der Waals surface area contributed by atoms with Gasteiger partial charge in [0.15, 0.2) is 0 Å². The van der Waals surface area contributed by atoms with Crippen LogP contribution in [0.4, 0.5) is 0 Å². The molecule has 88 valence electrons. The second-order valence-electron chi connectivity index (χ2n) is 3.25. The Morgan fingerprint density at radius 2 is 2.25 bits per heavy atom. The molecule has 0 saturated carbocycles. The zero-order valence-corrected chi connectivity index (χ0v) is 9.34. The Bertz CT molecular complexity index is 386. The lowest BCUT2D eigenvalue weighted by Gasteiger charge is -2.13. The van der Waals surface area contributed by atoms with Crippen molar-refractivity contribution < 1.29 is 14.3 Å². The molecule has 0 aliphatic rings. The summed E-state index contributed by atoms with van der Waals surface area (Å²) >= 11 is 0. The Kier molecular flexibility index (Phi) is 4.04. The van der Waals surface area contributed by atoms with Crippen LogP contribution in [0, 0.1) is 0 Å². The van der Waals surface area contributed by atoms with Gasteiger partial charge in [0.2, 0.25) is 0 Å². The molecule has 0 bridgehead atoms. The highest BCUT2D eigenvalue weighted by Gasteiger charge is 2.21. The number of hydrogen-bond donors (Lipinski definition) is 1. The van der Waals surface area contributed by atoms with E-state index in [1.165, 1.54) is 17.1 Å². The van der Waals surface area contributed by atoms with Crippen molar-refractivity contribution in [3.8, 4) is 0 Å². The van der Waals surface area contributed by atoms with Gasteiger partial charge < -0.3 is 10.5 Å². The van der Waals surface area contributed by atoms with E-state index in [0.29, 0.717) is 13.0 Å². The maximum Gasteiger partial charge on any atom is 0.330 e. The summed E-state index contributed by atoms with van der Waals surface area (Å²) in [7, 11) is 0. The van der Waals surface area contributed by atoms with E-state index in [1.807, 2.05) is 6.92 Å². The van der Waals surface area contributed by atoms with Crippen molar-refractivity contribution in [3.63, 3.8) is 0 Å². The van der Waals surface area contributed by atoms with Crippen molar-refractivity contribution in [3.05, 3.63) is 18.0 Å². The molecular formula is C10H15N3O3. The minimum absolute atomic E-state index is 0.280. The highest BCUT2D eigenvalue weighted by molar-refractivity contribution is 5.92. The molecule has 1 aromatic heterocycles. The first kappa shape index (κ1) is 12.2. The van der Waals surface area contributed by atoms with Gasteiger partial charge in [0.1, 0.15) is 6.04 Å². The van der Waals surface area contributed by atoms with Crippen LogP contribution in [0.3, 0.4) is 0 Å². The number of primary amides is 1. The molecule has 0 radical (unpaired) electrons. The van der Waals surface area contributed by atoms with Gasteiger partial charge in [-0.15, -0.1) is 0 Å². The first-order chi connectivity index (χ1) is 7.60. The number of aromatic nitrogens is 2. The molecule has 6 nitrogen and oxygen atoms in total. The summed E-state index contributed by atoms with van der Waals surface area (Å²) in [6.45, 7) is 3.90. The van der Waals surface area contributed by atoms with Crippen molar-refractivity contribution >= 4 is 11.9 Å². The van der Waals surface area contributed by atoms with Gasteiger partial charge in [-0.3, -0.25) is 9.48 Å². The highest BCUT2D eigenvalue weighted by Crippen LogP contribution is 2.13. The van der Waals surface area contributed by atoms with Crippen LogP contribution < -0.4 is 5.73 Å². The van der Waals surface area contributed by atoms with Crippen LogP contribution in [0.2, 0.25) is 0 Å². The van der Waals surface area contributed by atoms with Crippen LogP contribution in [0.5, 0.6) is 0 Å². The van der Waals surface area contributed by atoms with Gasteiger partial charge in [0.25, 0.3) is 5.91 Å². The summed E-state index contributed by atoms with van der Waals surface area (Å²) in [5.74, 6) is -0.922. The lowest BCUT2D eigenvalue weighted by atomic mass is 10.2. The average Bonchev–Trinajstić information content (AvgIpc) is 2.68. The maximum absolute atomic E-state index is 11.6. The smallest absolute Gasteiger partial charge is 0.330 e. The molecular weight excluding hydrogens is 210 g/mol. The standard InChI is InChI=1S/C10H15N3O3/c1-3-8(10(15)16-4-2)13-6-7(5-12-13)9(11)14/h5-6,8H,3-4H2,1-2H3,(H2,11,14). The van der Waals surface area contributed by atoms with Crippen molar-refractivity contribution in [2.75, 3.05) is 6.61 Å². The minimum atomic E-state index is -0.565. The number of amides is 1. The van der Waals surface area contributed by atoms with E-state index in [2.05, 4.69) is 5.10 Å². The third-order valence-electron chi connectivity index (χ3n) is 2.15. The second-order valence-corrected chi connectivity index (χ2v) is 3.25. The Labute approximate surface area is 93.4 Å². The van der Waals surface area contributed by atoms with E-state index in [0.717, 1.165) is 0 Å². The van der Waals surface area contributed by atoms with Crippen molar-refractivity contribution in [1.82, 2.24) is 9.78 Å². The summed E-state index contributed by atoms with van der Waals surface area (Å²) in [4.78, 5) is 22.4. The Morgan fingerprint density at radius 3 is 2.69 bits per heavy atom. The third-order valence-corrected chi connectivity index (χ3v) is 2.15. The second kappa shape index (κ2) is 5.29. The topological polar surface area (TPSA) is 87.2 Å². The fraction of sp³-hybridized carbons (Fsp3) is 0.500. The van der Waals surface area contributed by atoms with Gasteiger partial charge in [-0.2, -0.15) is 5.10 Å². The Morgan fingerprint density at radius 1 is 1.56 bits per heavy atom. The molecule has 0 aliphatic carbocycles. The number of ether oxygens (including phenoxy) is 1. The van der Waals surface area contributed by atoms with Gasteiger partial charge in [0, 0.05) is 6.20 Å². The largest absolute Gasteiger partial charge is 0.464 e. The van der Waals surface area contributed by atoms with Gasteiger partial charge >= 0.3 is 5.97 Å². The summed E-state index contributed by atoms with van der Waals surface area (Å²) in [6.07, 6.45) is 3.33. The third kappa shape index (κ3) is 2.59. The van der Waals surface area contributed by atoms with E-state index < -0.39 is 11.9 Å². The van der Waals surface area contributed by atoms with Crippen LogP contribution >= 0.6 is 0 Å². The number of nitrogens with two attached hydrogens (primary N) is 1. The molecule has 1 aromatic rings. The number of hydrogen-bond acceptors (Lipinski definition) is 4. The monoisotopic (exact) mass is 225 g/mol. The SMILES string of the molecule is CCOC(=O)C(CC)n1cc(C(N)=O)cn1. The molecule has 2 N–H and O–H groups in total. The number of carbonyl (C=O) groups is 2. The fourth-order valence-electron chi connectivity index (χ4n) is 1.34. The molecule has 1 unspecified atom stereocenters. The molecule has 1 rings (SSSR count). The average molecular weight is 225 g/mol. The predicted molar refractivity (Wildman–Crippen MR) is 56.7 cm³/mol. The van der Waals surface area contributed by atoms with Crippen LogP contribution in [-0.2, 0) is 9.53 Å². The van der Waals surface area contributed by atoms with Crippen molar-refractivity contribution in [2.45, 2.75) is 26.3 Å². The first-order valence-corrected chi connectivity index (χ1v) is 5.10. The molecule has 0 fully saturated rings. The van der Waals surface area contributed by atoms with Gasteiger partial charge in [-0.05, 0) is 13.3 Å². The normalized spacial score (nSPS) is 12.1. The summed E-state index contributed by atoms with van der Waals surface area (Å²) in [5.41, 5.74) is 5.38. The highest BCUT2D eigenvalue weighted by atomic mass is 16.5. The van der Waals surface area contributed by atoms with Crippen LogP contribution in [-0.4, -0.2) is 28.3 Å². The molecule has 16 heavy (non-hydrogen) atoms. The molecule has 6 heteroatoms. The van der Waals surface area contributed by atoms with E-state index in [-0.39, 0.29) is 11.5 Å². The molecule has 1 amide bonds. The predicted octanol–water partition coefficient (Wildman–Crippen LogP) is 0.496. The summed E-state index contributed by atoms with van der Waals surface area (Å²) in [5, 5.41) is 3.93. The van der Waals surface area contributed by atoms with Crippen molar-refractivity contribution in [2.24, 2.45) is 5.73 Å². The Balaban J connectivity index is 2.86.